The number of hydrogen-bond donors (Lipinski definition) is 0. The fourth-order valence-corrected chi connectivity index (χ4v) is 2.83. The Bertz CT molecular complexity index is 894. The minimum absolute atomic E-state index is 0.0348. The Labute approximate surface area is 148 Å². The topological polar surface area (TPSA) is 26.3 Å². The number of carbonyl (C=O) groups excluding carboxylic acids is 1. The molecule has 0 aliphatic carbocycles. The summed E-state index contributed by atoms with van der Waals surface area (Å²) in [6.45, 7) is 1.59. The monoisotopic (exact) mass is 328 g/mol. The Balaban J connectivity index is 2.26. The summed E-state index contributed by atoms with van der Waals surface area (Å²) in [7, 11) is 1.63. The number of ketones is 1. The molecule has 124 valence electrons. The van der Waals surface area contributed by atoms with E-state index in [0.29, 0.717) is 5.56 Å². The van der Waals surface area contributed by atoms with Gasteiger partial charge in [-0.25, -0.2) is 0 Å². The summed E-state index contributed by atoms with van der Waals surface area (Å²) < 4.78 is 5.39. The molecule has 0 amide bonds. The van der Waals surface area contributed by atoms with Gasteiger partial charge in [0.05, 0.1) is 7.11 Å². The van der Waals surface area contributed by atoms with Gasteiger partial charge in [0.1, 0.15) is 5.75 Å². The van der Waals surface area contributed by atoms with Crippen molar-refractivity contribution in [1.29, 1.82) is 0 Å². The molecular formula is C23H20O2. The number of methoxy groups -OCH3 is 1. The van der Waals surface area contributed by atoms with E-state index in [-0.39, 0.29) is 5.78 Å². The van der Waals surface area contributed by atoms with E-state index in [1.54, 1.807) is 14.0 Å². The molecule has 0 heterocycles. The molecule has 0 unspecified atom stereocenters. The summed E-state index contributed by atoms with van der Waals surface area (Å²) in [4.78, 5) is 12.2. The van der Waals surface area contributed by atoms with Crippen LogP contribution >= 0.6 is 0 Å². The van der Waals surface area contributed by atoms with Crippen LogP contribution in [-0.2, 0) is 0 Å². The summed E-state index contributed by atoms with van der Waals surface area (Å²) in [5.74, 6) is 0.766. The van der Waals surface area contributed by atoms with E-state index >= 15 is 0 Å². The predicted octanol–water partition coefficient (Wildman–Crippen LogP) is 5.49. The number of rotatable bonds is 5. The lowest BCUT2D eigenvalue weighted by atomic mass is 9.90. The van der Waals surface area contributed by atoms with Crippen LogP contribution < -0.4 is 4.74 Å². The second-order valence-electron chi connectivity index (χ2n) is 5.80. The zero-order valence-electron chi connectivity index (χ0n) is 14.4. The molecule has 0 bridgehead atoms. The van der Waals surface area contributed by atoms with Crippen molar-refractivity contribution in [3.05, 3.63) is 101 Å². The van der Waals surface area contributed by atoms with Crippen LogP contribution in [0.3, 0.4) is 0 Å². The standard InChI is InChI=1S/C23H20O2/c1-17(24)21-14-13-20(25-2)16-23(21)22(19-11-7-4-8-12-19)15-18-9-5-3-6-10-18/h3-16H,1-2H3/b22-15+. The molecular weight excluding hydrogens is 308 g/mol. The maximum atomic E-state index is 12.2. The smallest absolute Gasteiger partial charge is 0.160 e. The van der Waals surface area contributed by atoms with Crippen molar-refractivity contribution in [2.75, 3.05) is 7.11 Å². The van der Waals surface area contributed by atoms with Crippen LogP contribution in [0.25, 0.3) is 11.6 Å². The lowest BCUT2D eigenvalue weighted by Gasteiger charge is -2.14. The normalized spacial score (nSPS) is 11.2. The van der Waals surface area contributed by atoms with Gasteiger partial charge >= 0.3 is 0 Å². The lowest BCUT2D eigenvalue weighted by molar-refractivity contribution is 0.101. The van der Waals surface area contributed by atoms with Crippen LogP contribution in [0.2, 0.25) is 0 Å². The third-order valence-electron chi connectivity index (χ3n) is 4.09. The molecule has 0 aliphatic heterocycles. The van der Waals surface area contributed by atoms with Crippen LogP contribution in [0.15, 0.2) is 78.9 Å². The van der Waals surface area contributed by atoms with Gasteiger partial charge in [-0.3, -0.25) is 4.79 Å². The molecule has 0 atom stereocenters. The molecule has 0 N–H and O–H groups in total. The van der Waals surface area contributed by atoms with E-state index in [1.165, 1.54) is 0 Å². The fraction of sp³-hybridized carbons (Fsp3) is 0.0870. The van der Waals surface area contributed by atoms with E-state index < -0.39 is 0 Å². The third kappa shape index (κ3) is 3.86. The van der Waals surface area contributed by atoms with E-state index in [2.05, 4.69) is 30.3 Å². The first-order valence-electron chi connectivity index (χ1n) is 8.20. The van der Waals surface area contributed by atoms with E-state index in [4.69, 9.17) is 4.74 Å². The van der Waals surface area contributed by atoms with E-state index in [0.717, 1.165) is 28.0 Å². The summed E-state index contributed by atoms with van der Waals surface area (Å²) >= 11 is 0. The predicted molar refractivity (Wildman–Crippen MR) is 103 cm³/mol. The van der Waals surface area contributed by atoms with Gasteiger partial charge in [-0.1, -0.05) is 60.7 Å². The van der Waals surface area contributed by atoms with E-state index in [1.807, 2.05) is 54.6 Å². The number of hydrogen-bond acceptors (Lipinski definition) is 2. The molecule has 0 aromatic heterocycles. The van der Waals surface area contributed by atoms with Crippen LogP contribution in [0.5, 0.6) is 5.75 Å². The van der Waals surface area contributed by atoms with Gasteiger partial charge in [0.15, 0.2) is 5.78 Å². The lowest BCUT2D eigenvalue weighted by Crippen LogP contribution is -2.01. The molecule has 0 spiro atoms. The van der Waals surface area contributed by atoms with E-state index in [9.17, 15) is 4.79 Å². The van der Waals surface area contributed by atoms with Gasteiger partial charge in [-0.05, 0) is 53.5 Å². The number of carbonyl (C=O) groups is 1. The van der Waals surface area contributed by atoms with Gasteiger partial charge in [0, 0.05) is 5.56 Å². The van der Waals surface area contributed by atoms with Crippen LogP contribution in [0.1, 0.15) is 34.0 Å². The molecule has 2 heteroatoms. The van der Waals surface area contributed by atoms with Gasteiger partial charge < -0.3 is 4.74 Å². The third-order valence-corrected chi connectivity index (χ3v) is 4.09. The van der Waals surface area contributed by atoms with Crippen LogP contribution in [-0.4, -0.2) is 12.9 Å². The molecule has 3 rings (SSSR count). The Hall–Kier alpha value is -3.13. The quantitative estimate of drug-likeness (QED) is 0.457. The highest BCUT2D eigenvalue weighted by Gasteiger charge is 2.14. The highest BCUT2D eigenvalue weighted by atomic mass is 16.5. The number of benzene rings is 3. The van der Waals surface area contributed by atoms with Crippen molar-refractivity contribution in [3.63, 3.8) is 0 Å². The van der Waals surface area contributed by atoms with Gasteiger partial charge in [0.25, 0.3) is 0 Å². The average molecular weight is 328 g/mol. The van der Waals surface area contributed by atoms with Crippen molar-refractivity contribution in [2.24, 2.45) is 0 Å². The van der Waals surface area contributed by atoms with Crippen molar-refractivity contribution in [1.82, 2.24) is 0 Å². The van der Waals surface area contributed by atoms with Crippen LogP contribution in [0, 0.1) is 0 Å². The molecule has 3 aromatic rings. The fourth-order valence-electron chi connectivity index (χ4n) is 2.83. The molecule has 0 saturated heterocycles. The van der Waals surface area contributed by atoms with Gasteiger partial charge in [-0.15, -0.1) is 0 Å². The minimum atomic E-state index is 0.0348. The van der Waals surface area contributed by atoms with Gasteiger partial charge in [-0.2, -0.15) is 0 Å². The van der Waals surface area contributed by atoms with Crippen molar-refractivity contribution in [3.8, 4) is 5.75 Å². The molecule has 0 fully saturated rings. The largest absolute Gasteiger partial charge is 0.497 e. The molecule has 0 aliphatic rings. The highest BCUT2D eigenvalue weighted by Crippen LogP contribution is 2.31. The van der Waals surface area contributed by atoms with Crippen molar-refractivity contribution < 1.29 is 9.53 Å². The number of Topliss-reactive ketones (excluding diaryl/α,β-unsaturated/α-hetero) is 1. The number of ether oxygens (including phenoxy) is 1. The SMILES string of the molecule is COc1ccc(C(C)=O)c(/C(=C/c2ccccc2)c2ccccc2)c1. The van der Waals surface area contributed by atoms with Crippen molar-refractivity contribution in [2.45, 2.75) is 6.92 Å². The molecule has 3 aromatic carbocycles. The van der Waals surface area contributed by atoms with Gasteiger partial charge in [0.2, 0.25) is 0 Å². The summed E-state index contributed by atoms with van der Waals surface area (Å²) in [6, 6.07) is 25.8. The zero-order valence-corrected chi connectivity index (χ0v) is 14.4. The first-order chi connectivity index (χ1) is 12.2. The van der Waals surface area contributed by atoms with Crippen LogP contribution in [0.4, 0.5) is 0 Å². The minimum Gasteiger partial charge on any atom is -0.497 e. The average Bonchev–Trinajstić information content (AvgIpc) is 2.67. The summed E-state index contributed by atoms with van der Waals surface area (Å²) in [6.07, 6.45) is 2.11. The first-order valence-corrected chi connectivity index (χ1v) is 8.20. The Morgan fingerprint density at radius 3 is 2.08 bits per heavy atom. The molecule has 2 nitrogen and oxygen atoms in total. The molecule has 25 heavy (non-hydrogen) atoms. The zero-order chi connectivity index (χ0) is 17.6. The molecule has 0 saturated carbocycles. The Morgan fingerprint density at radius 2 is 1.48 bits per heavy atom. The Morgan fingerprint density at radius 1 is 0.840 bits per heavy atom. The first kappa shape index (κ1) is 16.7. The maximum Gasteiger partial charge on any atom is 0.160 e. The summed E-state index contributed by atoms with van der Waals surface area (Å²) in [5.41, 5.74) is 4.70. The maximum absolute atomic E-state index is 12.2. The highest BCUT2D eigenvalue weighted by molar-refractivity contribution is 6.04. The Kier molecular flexibility index (Phi) is 5.10. The second-order valence-corrected chi connectivity index (χ2v) is 5.80. The van der Waals surface area contributed by atoms with Crippen molar-refractivity contribution >= 4 is 17.4 Å². The molecule has 0 radical (unpaired) electrons. The summed E-state index contributed by atoms with van der Waals surface area (Å²) in [5, 5.41) is 0. The second kappa shape index (κ2) is 7.63.